The monoisotopic (exact) mass is 235 g/mol. The minimum atomic E-state index is -0.0565. The number of hydrogen-bond acceptors (Lipinski definition) is 3. The maximum atomic E-state index is 6.25. The van der Waals surface area contributed by atoms with E-state index >= 15 is 0 Å². The van der Waals surface area contributed by atoms with Crippen LogP contribution in [0.4, 0.5) is 0 Å². The van der Waals surface area contributed by atoms with Crippen molar-refractivity contribution < 1.29 is 0 Å². The van der Waals surface area contributed by atoms with Crippen LogP contribution in [0.1, 0.15) is 36.8 Å². The first kappa shape index (κ1) is 11.4. The molecule has 86 valence electrons. The predicted octanol–water partition coefficient (Wildman–Crippen LogP) is 2.58. The predicted molar refractivity (Wildman–Crippen MR) is 67.6 cm³/mol. The highest BCUT2D eigenvalue weighted by atomic mass is 32.1. The second-order valence-electron chi connectivity index (χ2n) is 3.76. The molecule has 1 unspecified atom stereocenters. The molecule has 2 heterocycles. The van der Waals surface area contributed by atoms with E-state index in [1.165, 1.54) is 5.56 Å². The lowest BCUT2D eigenvalue weighted by molar-refractivity contribution is 0.595. The van der Waals surface area contributed by atoms with Gasteiger partial charge in [-0.2, -0.15) is 16.4 Å². The Hall–Kier alpha value is -1.13. The molecule has 0 saturated carbocycles. The van der Waals surface area contributed by atoms with E-state index in [2.05, 4.69) is 41.8 Å². The molecule has 1 atom stereocenters. The third-order valence-corrected chi connectivity index (χ3v) is 3.45. The normalized spacial score (nSPS) is 12.9. The van der Waals surface area contributed by atoms with E-state index in [4.69, 9.17) is 5.73 Å². The van der Waals surface area contributed by atoms with E-state index in [1.54, 1.807) is 11.3 Å². The molecule has 2 N–H and O–H groups in total. The van der Waals surface area contributed by atoms with E-state index in [0.29, 0.717) is 0 Å². The van der Waals surface area contributed by atoms with Gasteiger partial charge in [-0.3, -0.25) is 4.68 Å². The summed E-state index contributed by atoms with van der Waals surface area (Å²) in [6.07, 6.45) is 0.955. The quantitative estimate of drug-likeness (QED) is 0.885. The molecule has 0 aromatic carbocycles. The third-order valence-electron chi connectivity index (χ3n) is 2.74. The molecule has 0 aliphatic heterocycles. The molecular weight excluding hydrogens is 218 g/mol. The molecule has 0 fully saturated rings. The Balaban J connectivity index is 2.35. The van der Waals surface area contributed by atoms with E-state index in [-0.39, 0.29) is 6.04 Å². The summed E-state index contributed by atoms with van der Waals surface area (Å²) in [4.78, 5) is 0. The summed E-state index contributed by atoms with van der Waals surface area (Å²) in [5.41, 5.74) is 9.64. The highest BCUT2D eigenvalue weighted by Gasteiger charge is 2.15. The Morgan fingerprint density at radius 1 is 1.50 bits per heavy atom. The molecule has 2 aromatic heterocycles. The summed E-state index contributed by atoms with van der Waals surface area (Å²) in [6, 6.07) is 4.14. The molecule has 0 aliphatic carbocycles. The molecule has 0 bridgehead atoms. The first-order chi connectivity index (χ1) is 7.76. The smallest absolute Gasteiger partial charge is 0.0731 e. The Kier molecular flexibility index (Phi) is 3.41. The Bertz CT molecular complexity index is 445. The van der Waals surface area contributed by atoms with Crippen LogP contribution in [0.3, 0.4) is 0 Å². The number of nitrogens with zero attached hydrogens (tertiary/aromatic N) is 2. The molecule has 2 aromatic rings. The second-order valence-corrected chi connectivity index (χ2v) is 4.54. The zero-order valence-corrected chi connectivity index (χ0v) is 10.5. The maximum Gasteiger partial charge on any atom is 0.0731 e. The van der Waals surface area contributed by atoms with Gasteiger partial charge >= 0.3 is 0 Å². The summed E-state index contributed by atoms with van der Waals surface area (Å²) in [5, 5.41) is 8.68. The van der Waals surface area contributed by atoms with Gasteiger partial charge in [0.15, 0.2) is 0 Å². The molecule has 4 heteroatoms. The summed E-state index contributed by atoms with van der Waals surface area (Å²) in [6.45, 7) is 5.08. The average Bonchev–Trinajstić information content (AvgIpc) is 2.96. The van der Waals surface area contributed by atoms with Crippen molar-refractivity contribution >= 4 is 11.3 Å². The highest BCUT2D eigenvalue weighted by Crippen LogP contribution is 2.22. The first-order valence-electron chi connectivity index (χ1n) is 5.60. The van der Waals surface area contributed by atoms with Crippen LogP contribution in [0, 0.1) is 0 Å². The zero-order chi connectivity index (χ0) is 11.5. The summed E-state index contributed by atoms with van der Waals surface area (Å²) in [7, 11) is 0. The highest BCUT2D eigenvalue weighted by molar-refractivity contribution is 7.07. The molecular formula is C12H17N3S. The van der Waals surface area contributed by atoms with Crippen molar-refractivity contribution in [3.05, 3.63) is 39.8 Å². The maximum absolute atomic E-state index is 6.25. The van der Waals surface area contributed by atoms with Crippen LogP contribution in [-0.4, -0.2) is 9.78 Å². The Labute approximate surface area is 99.9 Å². The number of aromatic nitrogens is 2. The van der Waals surface area contributed by atoms with Crippen molar-refractivity contribution in [1.29, 1.82) is 0 Å². The van der Waals surface area contributed by atoms with Gasteiger partial charge in [0.05, 0.1) is 17.4 Å². The molecule has 0 aliphatic rings. The summed E-state index contributed by atoms with van der Waals surface area (Å²) in [5.74, 6) is 0. The fourth-order valence-corrected chi connectivity index (χ4v) is 2.48. The number of thiophene rings is 1. The van der Waals surface area contributed by atoms with Crippen LogP contribution < -0.4 is 5.73 Å². The lowest BCUT2D eigenvalue weighted by Gasteiger charge is -2.11. The van der Waals surface area contributed by atoms with Gasteiger partial charge < -0.3 is 5.73 Å². The first-order valence-corrected chi connectivity index (χ1v) is 6.54. The fraction of sp³-hybridized carbons (Fsp3) is 0.417. The van der Waals surface area contributed by atoms with E-state index in [0.717, 1.165) is 24.4 Å². The van der Waals surface area contributed by atoms with Gasteiger partial charge in [-0.1, -0.05) is 6.92 Å². The number of aryl methyl sites for hydroxylation is 2. The van der Waals surface area contributed by atoms with Crippen LogP contribution in [0.2, 0.25) is 0 Å². The van der Waals surface area contributed by atoms with Crippen molar-refractivity contribution in [1.82, 2.24) is 9.78 Å². The van der Waals surface area contributed by atoms with Gasteiger partial charge in [-0.25, -0.2) is 0 Å². The average molecular weight is 235 g/mol. The van der Waals surface area contributed by atoms with Crippen LogP contribution in [-0.2, 0) is 13.0 Å². The number of hydrogen-bond donors (Lipinski definition) is 1. The minimum Gasteiger partial charge on any atom is -0.319 e. The van der Waals surface area contributed by atoms with Gasteiger partial charge in [-0.05, 0) is 41.8 Å². The Morgan fingerprint density at radius 3 is 2.88 bits per heavy atom. The molecule has 2 rings (SSSR count). The Morgan fingerprint density at radius 2 is 2.31 bits per heavy atom. The van der Waals surface area contributed by atoms with Crippen LogP contribution in [0.15, 0.2) is 22.9 Å². The van der Waals surface area contributed by atoms with E-state index in [9.17, 15) is 0 Å². The largest absolute Gasteiger partial charge is 0.319 e. The van der Waals surface area contributed by atoms with Crippen LogP contribution in [0.25, 0.3) is 0 Å². The second kappa shape index (κ2) is 4.80. The van der Waals surface area contributed by atoms with E-state index in [1.807, 2.05) is 4.68 Å². The molecule has 0 spiro atoms. The van der Waals surface area contributed by atoms with Gasteiger partial charge in [-0.15, -0.1) is 0 Å². The van der Waals surface area contributed by atoms with Gasteiger partial charge in [0, 0.05) is 6.54 Å². The van der Waals surface area contributed by atoms with Crippen molar-refractivity contribution in [3.63, 3.8) is 0 Å². The van der Waals surface area contributed by atoms with Gasteiger partial charge in [0.2, 0.25) is 0 Å². The van der Waals surface area contributed by atoms with Crippen molar-refractivity contribution in [2.75, 3.05) is 0 Å². The molecule has 0 radical (unpaired) electrons. The topological polar surface area (TPSA) is 43.8 Å². The molecule has 3 nitrogen and oxygen atoms in total. The summed E-state index contributed by atoms with van der Waals surface area (Å²) >= 11 is 1.68. The third kappa shape index (κ3) is 2.03. The standard InChI is InChI=1S/C12H17N3S/c1-3-10-7-11(15(4-2)14-10)12(13)9-5-6-16-8-9/h5-8,12H,3-4,13H2,1-2H3. The van der Waals surface area contributed by atoms with E-state index < -0.39 is 0 Å². The number of nitrogens with two attached hydrogens (primary N) is 1. The van der Waals surface area contributed by atoms with Crippen molar-refractivity contribution in [3.8, 4) is 0 Å². The fourth-order valence-electron chi connectivity index (χ4n) is 1.79. The SMILES string of the molecule is CCc1cc(C(N)c2ccsc2)n(CC)n1. The lowest BCUT2D eigenvalue weighted by Crippen LogP contribution is -2.16. The van der Waals surface area contributed by atoms with Crippen LogP contribution >= 0.6 is 11.3 Å². The number of rotatable bonds is 4. The molecule has 16 heavy (non-hydrogen) atoms. The molecule has 0 saturated heterocycles. The zero-order valence-electron chi connectivity index (χ0n) is 9.68. The van der Waals surface area contributed by atoms with Crippen LogP contribution in [0.5, 0.6) is 0 Å². The minimum absolute atomic E-state index is 0.0565. The van der Waals surface area contributed by atoms with Gasteiger partial charge in [0.25, 0.3) is 0 Å². The van der Waals surface area contributed by atoms with Gasteiger partial charge in [0.1, 0.15) is 0 Å². The summed E-state index contributed by atoms with van der Waals surface area (Å²) < 4.78 is 2.00. The molecule has 0 amide bonds. The van der Waals surface area contributed by atoms with Crippen molar-refractivity contribution in [2.45, 2.75) is 32.9 Å². The lowest BCUT2D eigenvalue weighted by atomic mass is 10.1. The van der Waals surface area contributed by atoms with Crippen molar-refractivity contribution in [2.24, 2.45) is 5.73 Å².